The summed E-state index contributed by atoms with van der Waals surface area (Å²) in [4.78, 5) is 29.0. The zero-order valence-corrected chi connectivity index (χ0v) is 25.6. The van der Waals surface area contributed by atoms with Crippen molar-refractivity contribution in [2.24, 2.45) is 5.92 Å². The van der Waals surface area contributed by atoms with Crippen LogP contribution in [0.5, 0.6) is 0 Å². The molecule has 1 N–H and O–H groups in total. The average Bonchev–Trinajstić information content (AvgIpc) is 3.09. The van der Waals surface area contributed by atoms with Crippen LogP contribution in [0.2, 0.25) is 5.04 Å². The van der Waals surface area contributed by atoms with Crippen LogP contribution in [0, 0.1) is 5.92 Å². The van der Waals surface area contributed by atoms with Crippen molar-refractivity contribution in [3.05, 3.63) is 72.3 Å². The smallest absolute Gasteiger partial charge is 0.411 e. The minimum absolute atomic E-state index is 0.0220. The highest BCUT2D eigenvalue weighted by molar-refractivity contribution is 6.99. The van der Waals surface area contributed by atoms with Crippen LogP contribution >= 0.6 is 0 Å². The van der Waals surface area contributed by atoms with Crippen LogP contribution in [0.25, 0.3) is 0 Å². The zero-order chi connectivity index (χ0) is 28.9. The summed E-state index contributed by atoms with van der Waals surface area (Å²) in [5, 5.41) is 13.3. The van der Waals surface area contributed by atoms with Gasteiger partial charge in [-0.15, -0.1) is 0 Å². The third kappa shape index (κ3) is 4.66. The quantitative estimate of drug-likeness (QED) is 0.412. The molecular formula is C33H43NO5Si. The van der Waals surface area contributed by atoms with E-state index in [1.807, 2.05) is 32.9 Å². The van der Waals surface area contributed by atoms with E-state index in [1.54, 1.807) is 4.90 Å². The van der Waals surface area contributed by atoms with Crippen LogP contribution in [0.15, 0.2) is 72.3 Å². The number of ketones is 1. The number of rotatable bonds is 5. The lowest BCUT2D eigenvalue weighted by Crippen LogP contribution is -2.69. The molecule has 2 aromatic rings. The molecule has 5 rings (SSSR count). The Bertz CT molecular complexity index is 1240. The summed E-state index contributed by atoms with van der Waals surface area (Å²) in [6, 6.07) is 20.5. The molecule has 4 atom stereocenters. The van der Waals surface area contributed by atoms with Gasteiger partial charge in [-0.25, -0.2) is 4.79 Å². The Kier molecular flexibility index (Phi) is 7.39. The van der Waals surface area contributed by atoms with Crippen molar-refractivity contribution in [2.75, 3.05) is 6.61 Å². The SMILES string of the molecule is CC(C)(C)OC(=O)N1[C@@H]2C=C(CO[Si](c3ccccc3)(c3ccccc3)C(C)(C)C)[C@]13CCC[C@@H](O)[C@@H]3C(=O)C2. The van der Waals surface area contributed by atoms with Crippen LogP contribution in [-0.2, 0) is 14.0 Å². The third-order valence-corrected chi connectivity index (χ3v) is 13.9. The molecule has 2 bridgehead atoms. The molecule has 2 heterocycles. The molecule has 2 fully saturated rings. The van der Waals surface area contributed by atoms with Gasteiger partial charge in [0.25, 0.3) is 8.32 Å². The van der Waals surface area contributed by atoms with Crippen molar-refractivity contribution in [3.63, 3.8) is 0 Å². The molecule has 0 unspecified atom stereocenters. The van der Waals surface area contributed by atoms with Gasteiger partial charge in [-0.1, -0.05) is 87.5 Å². The van der Waals surface area contributed by atoms with Gasteiger partial charge in [0.1, 0.15) is 11.4 Å². The van der Waals surface area contributed by atoms with E-state index in [0.29, 0.717) is 19.3 Å². The Morgan fingerprint density at radius 2 is 1.57 bits per heavy atom. The number of benzene rings is 2. The number of amides is 1. The molecule has 1 saturated carbocycles. The molecule has 2 aliphatic heterocycles. The maximum absolute atomic E-state index is 13.7. The Morgan fingerprint density at radius 1 is 1.00 bits per heavy atom. The second-order valence-corrected chi connectivity index (χ2v) is 17.9. The highest BCUT2D eigenvalue weighted by atomic mass is 28.4. The lowest BCUT2D eigenvalue weighted by molar-refractivity contribution is -0.145. The molecule has 7 heteroatoms. The van der Waals surface area contributed by atoms with Crippen molar-refractivity contribution in [1.82, 2.24) is 4.90 Å². The highest BCUT2D eigenvalue weighted by Crippen LogP contribution is 2.54. The topological polar surface area (TPSA) is 76.1 Å². The molecule has 6 nitrogen and oxygen atoms in total. The van der Waals surface area contributed by atoms with Gasteiger partial charge in [0.2, 0.25) is 0 Å². The summed E-state index contributed by atoms with van der Waals surface area (Å²) in [5.74, 6) is -0.657. The number of ether oxygens (including phenoxy) is 1. The number of piperidine rings is 1. The second-order valence-electron chi connectivity index (χ2n) is 13.6. The Hall–Kier alpha value is -2.74. The predicted molar refractivity (Wildman–Crippen MR) is 159 cm³/mol. The Balaban J connectivity index is 1.60. The number of hydrogen-bond donors (Lipinski definition) is 1. The van der Waals surface area contributed by atoms with Gasteiger partial charge in [0.15, 0.2) is 0 Å². The number of fused-ring (bicyclic) bond motifs is 1. The summed E-state index contributed by atoms with van der Waals surface area (Å²) >= 11 is 0. The predicted octanol–water partition coefficient (Wildman–Crippen LogP) is 4.98. The monoisotopic (exact) mass is 561 g/mol. The lowest BCUT2D eigenvalue weighted by Gasteiger charge is -2.54. The van der Waals surface area contributed by atoms with Gasteiger partial charge in [-0.05, 0) is 61.0 Å². The van der Waals surface area contributed by atoms with Crippen LogP contribution in [0.1, 0.15) is 67.2 Å². The van der Waals surface area contributed by atoms with E-state index < -0.39 is 43.6 Å². The van der Waals surface area contributed by atoms with Crippen LogP contribution < -0.4 is 10.4 Å². The van der Waals surface area contributed by atoms with Gasteiger partial charge in [0.05, 0.1) is 30.2 Å². The summed E-state index contributed by atoms with van der Waals surface area (Å²) in [5.41, 5.74) is -0.695. The van der Waals surface area contributed by atoms with Crippen molar-refractivity contribution < 1.29 is 23.9 Å². The van der Waals surface area contributed by atoms with E-state index in [-0.39, 0.29) is 23.8 Å². The van der Waals surface area contributed by atoms with Crippen molar-refractivity contribution in [2.45, 2.75) is 95.5 Å². The van der Waals surface area contributed by atoms with Crippen LogP contribution in [0.4, 0.5) is 4.79 Å². The van der Waals surface area contributed by atoms with Crippen LogP contribution in [0.3, 0.4) is 0 Å². The minimum Gasteiger partial charge on any atom is -0.444 e. The standard InChI is InChI=1S/C33H43NO5Si/c1-31(2,3)39-30(37)34-24-20-23(33(34)19-13-18-27(35)29(33)28(36)21-24)22-38-40(32(4,5)6,25-14-9-7-10-15-25)26-16-11-8-12-17-26/h7-12,14-17,20,24,27,29,35H,13,18-19,21-22H2,1-6H3/t24-,27-,29-,33+/m1/s1. The summed E-state index contributed by atoms with van der Waals surface area (Å²) in [6.07, 6.45) is 2.89. The van der Waals surface area contributed by atoms with E-state index in [1.165, 1.54) is 10.4 Å². The van der Waals surface area contributed by atoms with E-state index in [9.17, 15) is 14.7 Å². The van der Waals surface area contributed by atoms with Crippen LogP contribution in [-0.4, -0.2) is 60.1 Å². The zero-order valence-electron chi connectivity index (χ0n) is 24.6. The normalized spacial score (nSPS) is 26.8. The number of nitrogens with zero attached hydrogens (tertiary/aromatic N) is 1. The Labute approximate surface area is 239 Å². The Morgan fingerprint density at radius 3 is 2.10 bits per heavy atom. The molecule has 3 aliphatic rings. The van der Waals surface area contributed by atoms with Gasteiger partial charge in [0, 0.05) is 6.42 Å². The first kappa shape index (κ1) is 28.8. The maximum atomic E-state index is 13.7. The molecule has 0 aromatic heterocycles. The second kappa shape index (κ2) is 10.3. The maximum Gasteiger partial charge on any atom is 0.411 e. The largest absolute Gasteiger partial charge is 0.444 e. The number of carbonyl (C=O) groups excluding carboxylic acids is 2. The minimum atomic E-state index is -2.87. The molecule has 214 valence electrons. The van der Waals surface area contributed by atoms with Crippen molar-refractivity contribution >= 4 is 30.6 Å². The first-order chi connectivity index (χ1) is 18.8. The van der Waals surface area contributed by atoms with Crippen molar-refractivity contribution in [3.8, 4) is 0 Å². The van der Waals surface area contributed by atoms with Gasteiger partial charge < -0.3 is 14.3 Å². The first-order valence-electron chi connectivity index (χ1n) is 14.5. The number of hydrogen-bond acceptors (Lipinski definition) is 5. The summed E-state index contributed by atoms with van der Waals surface area (Å²) < 4.78 is 13.2. The summed E-state index contributed by atoms with van der Waals surface area (Å²) in [6.45, 7) is 12.6. The average molecular weight is 562 g/mol. The molecule has 1 saturated heterocycles. The number of carbonyl (C=O) groups is 2. The van der Waals surface area contributed by atoms with E-state index in [2.05, 4.69) is 75.4 Å². The highest BCUT2D eigenvalue weighted by Gasteiger charge is 2.64. The lowest BCUT2D eigenvalue weighted by atomic mass is 9.64. The molecule has 2 aromatic carbocycles. The van der Waals surface area contributed by atoms with E-state index in [4.69, 9.17) is 9.16 Å². The van der Waals surface area contributed by atoms with Gasteiger partial charge in [-0.3, -0.25) is 9.69 Å². The number of aliphatic hydroxyl groups excluding tert-OH is 1. The number of Topliss-reactive ketones (excluding diaryl/α,β-unsaturated/α-hetero) is 1. The molecule has 1 spiro atoms. The molecule has 1 amide bonds. The molecular weight excluding hydrogens is 518 g/mol. The molecule has 40 heavy (non-hydrogen) atoms. The third-order valence-electron chi connectivity index (χ3n) is 8.88. The van der Waals surface area contributed by atoms with E-state index in [0.717, 1.165) is 5.57 Å². The molecule has 0 radical (unpaired) electrons. The number of aliphatic hydroxyl groups is 1. The first-order valence-corrected chi connectivity index (χ1v) is 16.4. The fourth-order valence-electron chi connectivity index (χ4n) is 7.45. The van der Waals surface area contributed by atoms with Crippen molar-refractivity contribution in [1.29, 1.82) is 0 Å². The van der Waals surface area contributed by atoms with Gasteiger partial charge >= 0.3 is 6.09 Å². The van der Waals surface area contributed by atoms with Gasteiger partial charge in [-0.2, -0.15) is 0 Å². The van der Waals surface area contributed by atoms with E-state index >= 15 is 0 Å². The molecule has 1 aliphatic carbocycles. The fraction of sp³-hybridized carbons (Fsp3) is 0.515. The fourth-order valence-corrected chi connectivity index (χ4v) is 12.0. The summed E-state index contributed by atoms with van der Waals surface area (Å²) in [7, 11) is -2.87.